The van der Waals surface area contributed by atoms with Crippen molar-refractivity contribution in [2.75, 3.05) is 0 Å². The van der Waals surface area contributed by atoms with Gasteiger partial charge in [0, 0.05) is 16.6 Å². The summed E-state index contributed by atoms with van der Waals surface area (Å²) < 4.78 is 19.6. The van der Waals surface area contributed by atoms with E-state index in [9.17, 15) is 4.39 Å². The van der Waals surface area contributed by atoms with E-state index in [1.54, 1.807) is 12.1 Å². The van der Waals surface area contributed by atoms with Crippen molar-refractivity contribution in [3.63, 3.8) is 0 Å². The minimum Gasteiger partial charge on any atom is -0.485 e. The molecule has 1 aromatic carbocycles. The van der Waals surface area contributed by atoms with Crippen LogP contribution in [0.5, 0.6) is 5.75 Å². The Hall–Kier alpha value is -1.51. The molecule has 3 heteroatoms. The number of aryl methyl sites for hydroxylation is 1. The van der Waals surface area contributed by atoms with Crippen molar-refractivity contribution in [2.24, 2.45) is 0 Å². The van der Waals surface area contributed by atoms with Crippen LogP contribution < -0.4 is 4.74 Å². The first-order valence-corrected chi connectivity index (χ1v) is 5.34. The number of H-pyrrole nitrogens is 1. The Labute approximate surface area is 94.4 Å². The summed E-state index contributed by atoms with van der Waals surface area (Å²) in [4.78, 5) is 3.09. The molecule has 1 heterocycles. The number of fused-ring (bicyclic) bond motifs is 1. The maximum atomic E-state index is 14.1. The van der Waals surface area contributed by atoms with Gasteiger partial charge in [0.25, 0.3) is 0 Å². The van der Waals surface area contributed by atoms with E-state index in [0.29, 0.717) is 11.1 Å². The number of nitrogens with one attached hydrogen (secondary N) is 1. The fourth-order valence-corrected chi connectivity index (χ4v) is 1.70. The first-order valence-electron chi connectivity index (χ1n) is 5.34. The second-order valence-electron chi connectivity index (χ2n) is 5.01. The van der Waals surface area contributed by atoms with Crippen molar-refractivity contribution in [3.05, 3.63) is 29.7 Å². The van der Waals surface area contributed by atoms with Gasteiger partial charge in [0.05, 0.1) is 0 Å². The third-order valence-electron chi connectivity index (χ3n) is 2.25. The van der Waals surface area contributed by atoms with Crippen LogP contribution in [0.15, 0.2) is 18.2 Å². The third-order valence-corrected chi connectivity index (χ3v) is 2.25. The highest BCUT2D eigenvalue weighted by atomic mass is 19.1. The number of halogens is 1. The molecule has 0 aliphatic rings. The number of hydrogen-bond acceptors (Lipinski definition) is 1. The molecule has 0 radical (unpaired) electrons. The molecule has 0 fully saturated rings. The molecule has 16 heavy (non-hydrogen) atoms. The Kier molecular flexibility index (Phi) is 2.41. The molecule has 0 aliphatic heterocycles. The monoisotopic (exact) mass is 221 g/mol. The van der Waals surface area contributed by atoms with Gasteiger partial charge in [-0.15, -0.1) is 0 Å². The highest BCUT2D eigenvalue weighted by Crippen LogP contribution is 2.29. The lowest BCUT2D eigenvalue weighted by atomic mass is 10.1. The summed E-state index contributed by atoms with van der Waals surface area (Å²) in [6.45, 7) is 7.61. The average Bonchev–Trinajstić information content (AvgIpc) is 2.50. The largest absolute Gasteiger partial charge is 0.485 e. The van der Waals surface area contributed by atoms with Crippen molar-refractivity contribution in [2.45, 2.75) is 33.3 Å². The van der Waals surface area contributed by atoms with Crippen LogP contribution in [0, 0.1) is 12.7 Å². The summed E-state index contributed by atoms with van der Waals surface area (Å²) in [5.41, 5.74) is 1.36. The van der Waals surface area contributed by atoms with Crippen molar-refractivity contribution in [1.82, 2.24) is 4.98 Å². The summed E-state index contributed by atoms with van der Waals surface area (Å²) in [6, 6.07) is 5.30. The van der Waals surface area contributed by atoms with Crippen molar-refractivity contribution >= 4 is 10.9 Å². The van der Waals surface area contributed by atoms with Crippen LogP contribution in [0.1, 0.15) is 26.5 Å². The van der Waals surface area contributed by atoms with Gasteiger partial charge in [-0.3, -0.25) is 0 Å². The summed E-state index contributed by atoms with van der Waals surface area (Å²) in [7, 11) is 0. The SMILES string of the molecule is Cc1cc2c(F)c(OC(C)(C)C)ccc2[nH]1. The molecule has 86 valence electrons. The van der Waals surface area contributed by atoms with Gasteiger partial charge in [-0.05, 0) is 45.9 Å². The molecule has 0 saturated heterocycles. The standard InChI is InChI=1S/C13H16FNO/c1-8-7-9-10(15-8)5-6-11(12(9)14)16-13(2,3)4/h5-7,15H,1-4H3. The molecule has 2 aromatic rings. The van der Waals surface area contributed by atoms with E-state index in [2.05, 4.69) is 4.98 Å². The van der Waals surface area contributed by atoms with E-state index >= 15 is 0 Å². The molecule has 2 rings (SSSR count). The molecule has 2 nitrogen and oxygen atoms in total. The Balaban J connectivity index is 2.52. The van der Waals surface area contributed by atoms with Crippen molar-refractivity contribution in [3.8, 4) is 5.75 Å². The number of aromatic nitrogens is 1. The minimum absolute atomic E-state index is 0.295. The first-order chi connectivity index (χ1) is 7.37. The molecule has 1 aromatic heterocycles. The Morgan fingerprint density at radius 3 is 2.56 bits per heavy atom. The van der Waals surface area contributed by atoms with E-state index in [0.717, 1.165) is 11.2 Å². The van der Waals surface area contributed by atoms with E-state index in [-0.39, 0.29) is 11.4 Å². The van der Waals surface area contributed by atoms with E-state index in [1.807, 2.05) is 33.8 Å². The van der Waals surface area contributed by atoms with Gasteiger partial charge in [-0.25, -0.2) is 4.39 Å². The van der Waals surface area contributed by atoms with Crippen LogP contribution in [-0.4, -0.2) is 10.6 Å². The minimum atomic E-state index is -0.389. The normalized spacial score (nSPS) is 12.1. The maximum Gasteiger partial charge on any atom is 0.174 e. The maximum absolute atomic E-state index is 14.1. The Morgan fingerprint density at radius 2 is 1.94 bits per heavy atom. The average molecular weight is 221 g/mol. The predicted molar refractivity (Wildman–Crippen MR) is 63.4 cm³/mol. The second-order valence-corrected chi connectivity index (χ2v) is 5.01. The molecule has 0 spiro atoms. The molecule has 0 unspecified atom stereocenters. The number of hydrogen-bond donors (Lipinski definition) is 1. The lowest BCUT2D eigenvalue weighted by Gasteiger charge is -2.21. The number of benzene rings is 1. The number of ether oxygens (including phenoxy) is 1. The quantitative estimate of drug-likeness (QED) is 0.778. The molecule has 0 amide bonds. The molecular weight excluding hydrogens is 205 g/mol. The van der Waals surface area contributed by atoms with Crippen LogP contribution in [-0.2, 0) is 0 Å². The van der Waals surface area contributed by atoms with Crippen molar-refractivity contribution < 1.29 is 9.13 Å². The lowest BCUT2D eigenvalue weighted by Crippen LogP contribution is -2.23. The van der Waals surface area contributed by atoms with Gasteiger partial charge in [0.15, 0.2) is 11.6 Å². The molecule has 0 bridgehead atoms. The first kappa shape index (κ1) is 11.0. The van der Waals surface area contributed by atoms with Gasteiger partial charge >= 0.3 is 0 Å². The summed E-state index contributed by atoms with van der Waals surface area (Å²) >= 11 is 0. The van der Waals surface area contributed by atoms with Crippen LogP contribution in [0.4, 0.5) is 4.39 Å². The van der Waals surface area contributed by atoms with Gasteiger partial charge in [-0.1, -0.05) is 0 Å². The molecule has 0 atom stereocenters. The zero-order valence-corrected chi connectivity index (χ0v) is 10.0. The lowest BCUT2D eigenvalue weighted by molar-refractivity contribution is 0.125. The van der Waals surface area contributed by atoms with Gasteiger partial charge in [0.2, 0.25) is 0 Å². The van der Waals surface area contributed by atoms with Gasteiger partial charge in [-0.2, -0.15) is 0 Å². The molecule has 1 N–H and O–H groups in total. The third kappa shape index (κ3) is 2.03. The van der Waals surface area contributed by atoms with Gasteiger partial charge < -0.3 is 9.72 Å². The Morgan fingerprint density at radius 1 is 1.25 bits per heavy atom. The number of rotatable bonds is 1. The van der Waals surface area contributed by atoms with E-state index < -0.39 is 0 Å². The highest BCUT2D eigenvalue weighted by Gasteiger charge is 2.17. The van der Waals surface area contributed by atoms with Crippen LogP contribution >= 0.6 is 0 Å². The highest BCUT2D eigenvalue weighted by molar-refractivity contribution is 5.82. The zero-order valence-electron chi connectivity index (χ0n) is 10.0. The van der Waals surface area contributed by atoms with Gasteiger partial charge in [0.1, 0.15) is 5.60 Å². The van der Waals surface area contributed by atoms with Crippen molar-refractivity contribution in [1.29, 1.82) is 0 Å². The van der Waals surface area contributed by atoms with Crippen LogP contribution in [0.2, 0.25) is 0 Å². The predicted octanol–water partition coefficient (Wildman–Crippen LogP) is 3.79. The Bertz CT molecular complexity index is 522. The fourth-order valence-electron chi connectivity index (χ4n) is 1.70. The summed E-state index contributed by atoms with van der Waals surface area (Å²) in [5, 5.41) is 0.583. The molecule has 0 aliphatic carbocycles. The smallest absolute Gasteiger partial charge is 0.174 e. The van der Waals surface area contributed by atoms with Crippen LogP contribution in [0.25, 0.3) is 10.9 Å². The van der Waals surface area contributed by atoms with E-state index in [1.165, 1.54) is 0 Å². The zero-order chi connectivity index (χ0) is 11.9. The van der Waals surface area contributed by atoms with E-state index in [4.69, 9.17) is 4.74 Å². The fraction of sp³-hybridized carbons (Fsp3) is 0.385. The van der Waals surface area contributed by atoms with Crippen LogP contribution in [0.3, 0.4) is 0 Å². The molecule has 0 saturated carbocycles. The summed E-state index contributed by atoms with van der Waals surface area (Å²) in [5.74, 6) is 0.00998. The summed E-state index contributed by atoms with van der Waals surface area (Å²) in [6.07, 6.45) is 0. The number of aromatic amines is 1. The molecular formula is C13H16FNO. The second kappa shape index (κ2) is 3.51. The topological polar surface area (TPSA) is 25.0 Å².